The fraction of sp³-hybridized carbons (Fsp3) is 0.625. The van der Waals surface area contributed by atoms with Crippen molar-refractivity contribution in [1.29, 1.82) is 0 Å². The number of carbonyl (C=O) groups is 1. The summed E-state index contributed by atoms with van der Waals surface area (Å²) in [4.78, 5) is 31.6. The number of aromatic amines is 1. The molecule has 1 saturated heterocycles. The lowest BCUT2D eigenvalue weighted by atomic mass is 10.0. The summed E-state index contributed by atoms with van der Waals surface area (Å²) in [6, 6.07) is 0.133. The predicted molar refractivity (Wildman–Crippen MR) is 85.3 cm³/mol. The van der Waals surface area contributed by atoms with Gasteiger partial charge in [0.2, 0.25) is 0 Å². The Morgan fingerprint density at radius 3 is 2.59 bits per heavy atom. The SMILES string of the molecule is Cc1[nH]c(=O)c(C(=O)N2CCN(C)[C@H](CCO)C2)c(C)c1C. The molecule has 22 heavy (non-hydrogen) atoms. The minimum Gasteiger partial charge on any atom is -0.396 e. The lowest BCUT2D eigenvalue weighted by Gasteiger charge is -2.39. The van der Waals surface area contributed by atoms with Gasteiger partial charge < -0.3 is 15.0 Å². The number of amides is 1. The summed E-state index contributed by atoms with van der Waals surface area (Å²) in [6.45, 7) is 7.57. The highest BCUT2D eigenvalue weighted by Crippen LogP contribution is 2.17. The number of nitrogens with one attached hydrogen (secondary N) is 1. The topological polar surface area (TPSA) is 76.6 Å². The zero-order valence-corrected chi connectivity index (χ0v) is 13.8. The molecule has 0 radical (unpaired) electrons. The van der Waals surface area contributed by atoms with E-state index in [1.165, 1.54) is 0 Å². The average molecular weight is 307 g/mol. The zero-order chi connectivity index (χ0) is 16.4. The van der Waals surface area contributed by atoms with E-state index in [9.17, 15) is 9.59 Å². The Hall–Kier alpha value is -1.66. The Morgan fingerprint density at radius 1 is 1.27 bits per heavy atom. The smallest absolute Gasteiger partial charge is 0.261 e. The van der Waals surface area contributed by atoms with E-state index in [2.05, 4.69) is 9.88 Å². The molecule has 0 unspecified atom stereocenters. The number of piperazine rings is 1. The van der Waals surface area contributed by atoms with Gasteiger partial charge in [0.05, 0.1) is 0 Å². The summed E-state index contributed by atoms with van der Waals surface area (Å²) in [5, 5.41) is 9.15. The lowest BCUT2D eigenvalue weighted by molar-refractivity contribution is 0.0498. The highest BCUT2D eigenvalue weighted by Gasteiger charge is 2.29. The van der Waals surface area contributed by atoms with Gasteiger partial charge in [-0.3, -0.25) is 14.5 Å². The first kappa shape index (κ1) is 16.7. The van der Waals surface area contributed by atoms with E-state index in [1.807, 2.05) is 27.8 Å². The molecular formula is C16H25N3O3. The number of aliphatic hydroxyl groups is 1. The number of likely N-dealkylation sites (N-methyl/N-ethyl adjacent to an activating group) is 1. The van der Waals surface area contributed by atoms with Crippen molar-refractivity contribution in [3.8, 4) is 0 Å². The van der Waals surface area contributed by atoms with Crippen molar-refractivity contribution in [3.05, 3.63) is 32.7 Å². The number of hydrogen-bond acceptors (Lipinski definition) is 4. The van der Waals surface area contributed by atoms with Crippen molar-refractivity contribution in [2.75, 3.05) is 33.3 Å². The molecule has 0 saturated carbocycles. The predicted octanol–water partition coefficient (Wildman–Crippen LogP) is 0.439. The van der Waals surface area contributed by atoms with Crippen LogP contribution in [0.2, 0.25) is 0 Å². The van der Waals surface area contributed by atoms with Crippen LogP contribution in [0.15, 0.2) is 4.79 Å². The van der Waals surface area contributed by atoms with Crippen molar-refractivity contribution in [3.63, 3.8) is 0 Å². The summed E-state index contributed by atoms with van der Waals surface area (Å²) in [6.07, 6.45) is 0.628. The van der Waals surface area contributed by atoms with Crippen LogP contribution in [0.25, 0.3) is 0 Å². The summed E-state index contributed by atoms with van der Waals surface area (Å²) >= 11 is 0. The van der Waals surface area contributed by atoms with Crippen LogP contribution in [0.3, 0.4) is 0 Å². The number of rotatable bonds is 3. The Kier molecular flexibility index (Phi) is 5.03. The van der Waals surface area contributed by atoms with E-state index in [-0.39, 0.29) is 29.7 Å². The molecule has 2 heterocycles. The lowest BCUT2D eigenvalue weighted by Crippen LogP contribution is -2.54. The van der Waals surface area contributed by atoms with Crippen molar-refractivity contribution < 1.29 is 9.90 Å². The standard InChI is InChI=1S/C16H25N3O3/c1-10-11(2)14(15(21)17-12(10)3)16(22)19-7-6-18(4)13(9-19)5-8-20/h13,20H,5-9H2,1-4H3,(H,17,21)/t13-/m1/s1. The van der Waals surface area contributed by atoms with Gasteiger partial charge in [-0.05, 0) is 45.4 Å². The molecule has 1 aromatic rings. The van der Waals surface area contributed by atoms with E-state index in [4.69, 9.17) is 5.11 Å². The highest BCUT2D eigenvalue weighted by atomic mass is 16.3. The van der Waals surface area contributed by atoms with Crippen LogP contribution in [-0.2, 0) is 0 Å². The Morgan fingerprint density at radius 2 is 1.95 bits per heavy atom. The molecule has 1 aliphatic heterocycles. The largest absolute Gasteiger partial charge is 0.396 e. The normalized spacial score (nSPS) is 19.5. The Labute approximate surface area is 130 Å². The van der Waals surface area contributed by atoms with Crippen molar-refractivity contribution in [2.24, 2.45) is 0 Å². The van der Waals surface area contributed by atoms with E-state index < -0.39 is 0 Å². The Balaban J connectivity index is 2.29. The van der Waals surface area contributed by atoms with Gasteiger partial charge in [-0.1, -0.05) is 0 Å². The van der Waals surface area contributed by atoms with Crippen molar-refractivity contribution in [2.45, 2.75) is 33.2 Å². The maximum Gasteiger partial charge on any atom is 0.261 e. The number of H-pyrrole nitrogens is 1. The third-order valence-corrected chi connectivity index (χ3v) is 4.77. The molecule has 1 aliphatic rings. The summed E-state index contributed by atoms with van der Waals surface area (Å²) in [7, 11) is 2.00. The molecule has 1 fully saturated rings. The van der Waals surface area contributed by atoms with Crippen molar-refractivity contribution >= 4 is 5.91 Å². The molecule has 1 atom stereocenters. The van der Waals surface area contributed by atoms with Gasteiger partial charge in [-0.2, -0.15) is 0 Å². The van der Waals surface area contributed by atoms with Crippen LogP contribution in [0, 0.1) is 20.8 Å². The van der Waals surface area contributed by atoms with Gasteiger partial charge in [0.15, 0.2) is 0 Å². The number of aryl methyl sites for hydroxylation is 1. The van der Waals surface area contributed by atoms with Gasteiger partial charge in [-0.25, -0.2) is 0 Å². The first-order chi connectivity index (χ1) is 10.4. The molecule has 0 spiro atoms. The summed E-state index contributed by atoms with van der Waals surface area (Å²) < 4.78 is 0. The minimum absolute atomic E-state index is 0.0975. The van der Waals surface area contributed by atoms with Crippen LogP contribution in [0.5, 0.6) is 0 Å². The third kappa shape index (κ3) is 3.08. The maximum atomic E-state index is 12.8. The molecule has 6 nitrogen and oxygen atoms in total. The van der Waals surface area contributed by atoms with Crippen molar-refractivity contribution in [1.82, 2.24) is 14.8 Å². The van der Waals surface area contributed by atoms with Crippen LogP contribution >= 0.6 is 0 Å². The number of pyridine rings is 1. The van der Waals surface area contributed by atoms with Gasteiger partial charge in [0, 0.05) is 38.0 Å². The van der Waals surface area contributed by atoms with Gasteiger partial charge in [0.25, 0.3) is 11.5 Å². The fourth-order valence-electron chi connectivity index (χ4n) is 2.97. The van der Waals surface area contributed by atoms with Crippen LogP contribution in [-0.4, -0.2) is 65.1 Å². The number of carbonyl (C=O) groups excluding carboxylic acids is 1. The molecular weight excluding hydrogens is 282 g/mol. The van der Waals surface area contributed by atoms with Gasteiger partial charge in [0.1, 0.15) is 5.56 Å². The first-order valence-corrected chi connectivity index (χ1v) is 7.67. The second-order valence-electron chi connectivity index (χ2n) is 6.10. The average Bonchev–Trinajstić information content (AvgIpc) is 2.47. The minimum atomic E-state index is -0.316. The fourth-order valence-corrected chi connectivity index (χ4v) is 2.97. The molecule has 1 amide bonds. The number of aromatic nitrogens is 1. The number of nitrogens with zero attached hydrogens (tertiary/aromatic N) is 2. The summed E-state index contributed by atoms with van der Waals surface area (Å²) in [5.74, 6) is -0.210. The molecule has 6 heteroatoms. The molecule has 0 bridgehead atoms. The van der Waals surface area contributed by atoms with E-state index in [0.717, 1.165) is 23.4 Å². The number of aliphatic hydroxyl groups excluding tert-OH is 1. The highest BCUT2D eigenvalue weighted by molar-refractivity contribution is 5.95. The molecule has 122 valence electrons. The van der Waals surface area contributed by atoms with Gasteiger partial charge >= 0.3 is 0 Å². The zero-order valence-electron chi connectivity index (χ0n) is 13.8. The molecule has 0 aromatic carbocycles. The van der Waals surface area contributed by atoms with E-state index in [1.54, 1.807) is 4.90 Å². The van der Waals surface area contributed by atoms with E-state index >= 15 is 0 Å². The van der Waals surface area contributed by atoms with E-state index in [0.29, 0.717) is 19.5 Å². The second-order valence-corrected chi connectivity index (χ2v) is 6.10. The molecule has 0 aliphatic carbocycles. The molecule has 2 N–H and O–H groups in total. The Bertz CT molecular complexity index is 624. The quantitative estimate of drug-likeness (QED) is 0.849. The number of hydrogen-bond donors (Lipinski definition) is 2. The molecule has 1 aromatic heterocycles. The van der Waals surface area contributed by atoms with Crippen LogP contribution in [0.1, 0.15) is 33.6 Å². The van der Waals surface area contributed by atoms with Gasteiger partial charge in [-0.15, -0.1) is 0 Å². The maximum absolute atomic E-state index is 12.8. The monoisotopic (exact) mass is 307 g/mol. The van der Waals surface area contributed by atoms with Crippen LogP contribution in [0.4, 0.5) is 0 Å². The summed E-state index contributed by atoms with van der Waals surface area (Å²) in [5.41, 5.74) is 2.43. The molecule has 2 rings (SSSR count). The van der Waals surface area contributed by atoms with Crippen LogP contribution < -0.4 is 5.56 Å². The third-order valence-electron chi connectivity index (χ3n) is 4.77. The first-order valence-electron chi connectivity index (χ1n) is 7.67. The second kappa shape index (κ2) is 6.62.